The van der Waals surface area contributed by atoms with Crippen molar-refractivity contribution in [2.24, 2.45) is 11.8 Å². The minimum Gasteiger partial charge on any atom is -0.371 e. The van der Waals surface area contributed by atoms with Crippen LogP contribution in [0.15, 0.2) is 28.7 Å². The second-order valence-electron chi connectivity index (χ2n) is 7.21. The zero-order chi connectivity index (χ0) is 17.8. The smallest absolute Gasteiger partial charge is 0.0367 e. The minimum absolute atomic E-state index is 0.817. The molecule has 0 spiro atoms. The van der Waals surface area contributed by atoms with Crippen molar-refractivity contribution in [3.05, 3.63) is 28.7 Å². The Morgan fingerprint density at radius 1 is 0.792 bits per heavy atom. The highest BCUT2D eigenvalue weighted by Gasteiger charge is 2.17. The van der Waals surface area contributed by atoms with Crippen LogP contribution in [-0.2, 0) is 0 Å². The van der Waals surface area contributed by atoms with E-state index in [1.54, 1.807) is 0 Å². The SMILES string of the molecule is CCCCC(CC)CN(CC(CC)CCCC)c1ccc(Br)cc1. The number of hydrogen-bond acceptors (Lipinski definition) is 1. The summed E-state index contributed by atoms with van der Waals surface area (Å²) in [5.41, 5.74) is 1.39. The topological polar surface area (TPSA) is 3.24 Å². The van der Waals surface area contributed by atoms with Gasteiger partial charge in [-0.05, 0) is 48.9 Å². The van der Waals surface area contributed by atoms with Crippen molar-refractivity contribution in [1.82, 2.24) is 0 Å². The van der Waals surface area contributed by atoms with Crippen LogP contribution in [0, 0.1) is 11.8 Å². The van der Waals surface area contributed by atoms with Gasteiger partial charge < -0.3 is 4.90 Å². The van der Waals surface area contributed by atoms with Gasteiger partial charge in [0.25, 0.3) is 0 Å². The summed E-state index contributed by atoms with van der Waals surface area (Å²) < 4.78 is 1.17. The molecule has 2 heteroatoms. The molecule has 2 unspecified atom stereocenters. The quantitative estimate of drug-likeness (QED) is 0.330. The molecule has 0 aliphatic rings. The van der Waals surface area contributed by atoms with Gasteiger partial charge in [-0.15, -0.1) is 0 Å². The first kappa shape index (κ1) is 21.5. The largest absolute Gasteiger partial charge is 0.371 e. The fraction of sp³-hybridized carbons (Fsp3) is 0.727. The van der Waals surface area contributed by atoms with Gasteiger partial charge in [0.1, 0.15) is 0 Å². The molecular weight excluding hydrogens is 358 g/mol. The maximum absolute atomic E-state index is 3.57. The van der Waals surface area contributed by atoms with E-state index in [1.165, 1.54) is 74.6 Å². The van der Waals surface area contributed by atoms with E-state index < -0.39 is 0 Å². The zero-order valence-electron chi connectivity index (χ0n) is 16.4. The number of halogens is 1. The lowest BCUT2D eigenvalue weighted by Gasteiger charge is -2.32. The van der Waals surface area contributed by atoms with Gasteiger partial charge in [-0.25, -0.2) is 0 Å². The molecule has 2 atom stereocenters. The molecule has 1 rings (SSSR count). The van der Waals surface area contributed by atoms with Gasteiger partial charge in [0.05, 0.1) is 0 Å². The molecule has 0 fully saturated rings. The highest BCUT2D eigenvalue weighted by molar-refractivity contribution is 9.10. The van der Waals surface area contributed by atoms with Crippen LogP contribution < -0.4 is 4.90 Å². The van der Waals surface area contributed by atoms with E-state index in [4.69, 9.17) is 0 Å². The first-order chi connectivity index (χ1) is 11.6. The average molecular weight is 396 g/mol. The van der Waals surface area contributed by atoms with E-state index in [0.717, 1.165) is 11.8 Å². The number of benzene rings is 1. The van der Waals surface area contributed by atoms with Crippen LogP contribution in [0.1, 0.15) is 79.1 Å². The lowest BCUT2D eigenvalue weighted by Crippen LogP contribution is -2.34. The molecule has 0 N–H and O–H groups in total. The molecule has 1 aromatic rings. The van der Waals surface area contributed by atoms with Crippen molar-refractivity contribution >= 4 is 21.6 Å². The van der Waals surface area contributed by atoms with Crippen molar-refractivity contribution in [2.45, 2.75) is 79.1 Å². The van der Waals surface area contributed by atoms with Crippen molar-refractivity contribution in [3.63, 3.8) is 0 Å². The Kier molecular flexibility index (Phi) is 11.5. The fourth-order valence-electron chi connectivity index (χ4n) is 3.40. The highest BCUT2D eigenvalue weighted by atomic mass is 79.9. The van der Waals surface area contributed by atoms with Crippen LogP contribution in [0.2, 0.25) is 0 Å². The van der Waals surface area contributed by atoms with Crippen LogP contribution in [-0.4, -0.2) is 13.1 Å². The molecular formula is C22H38BrN. The minimum atomic E-state index is 0.817. The van der Waals surface area contributed by atoms with Gasteiger partial charge in [0.15, 0.2) is 0 Å². The Labute approximate surface area is 159 Å². The Morgan fingerprint density at radius 2 is 1.25 bits per heavy atom. The van der Waals surface area contributed by atoms with E-state index >= 15 is 0 Å². The second-order valence-corrected chi connectivity index (χ2v) is 8.13. The van der Waals surface area contributed by atoms with Gasteiger partial charge in [0, 0.05) is 23.2 Å². The standard InChI is InChI=1S/C22H38BrN/c1-5-9-11-19(7-3)17-24(18-20(8-4)12-10-6-2)22-15-13-21(23)14-16-22/h13-16,19-20H,5-12,17-18H2,1-4H3. The fourth-order valence-corrected chi connectivity index (χ4v) is 3.66. The van der Waals surface area contributed by atoms with Crippen LogP contribution in [0.25, 0.3) is 0 Å². The van der Waals surface area contributed by atoms with E-state index in [9.17, 15) is 0 Å². The molecule has 0 aliphatic carbocycles. The van der Waals surface area contributed by atoms with Gasteiger partial charge >= 0.3 is 0 Å². The highest BCUT2D eigenvalue weighted by Crippen LogP contribution is 2.25. The summed E-state index contributed by atoms with van der Waals surface area (Å²) in [7, 11) is 0. The summed E-state index contributed by atoms with van der Waals surface area (Å²) in [4.78, 5) is 2.67. The number of hydrogen-bond donors (Lipinski definition) is 0. The molecule has 1 aromatic carbocycles. The van der Waals surface area contributed by atoms with Gasteiger partial charge in [0.2, 0.25) is 0 Å². The predicted octanol–water partition coefficient (Wildman–Crippen LogP) is 7.69. The Balaban J connectivity index is 2.82. The van der Waals surface area contributed by atoms with Crippen LogP contribution >= 0.6 is 15.9 Å². The van der Waals surface area contributed by atoms with Gasteiger partial charge in [-0.1, -0.05) is 82.1 Å². The molecule has 0 aromatic heterocycles. The van der Waals surface area contributed by atoms with Gasteiger partial charge in [-0.2, -0.15) is 0 Å². The maximum Gasteiger partial charge on any atom is 0.0367 e. The number of unbranched alkanes of at least 4 members (excludes halogenated alkanes) is 2. The first-order valence-electron chi connectivity index (χ1n) is 10.1. The second kappa shape index (κ2) is 12.8. The van der Waals surface area contributed by atoms with E-state index in [0.29, 0.717) is 0 Å². The molecule has 0 saturated heterocycles. The van der Waals surface area contributed by atoms with Crippen LogP contribution in [0.5, 0.6) is 0 Å². The average Bonchev–Trinajstić information content (AvgIpc) is 2.61. The van der Waals surface area contributed by atoms with Crippen molar-refractivity contribution < 1.29 is 0 Å². The molecule has 0 bridgehead atoms. The van der Waals surface area contributed by atoms with E-state index in [-0.39, 0.29) is 0 Å². The van der Waals surface area contributed by atoms with E-state index in [1.807, 2.05) is 0 Å². The number of anilines is 1. The molecule has 0 saturated carbocycles. The summed E-state index contributed by atoms with van der Waals surface area (Å²) in [5, 5.41) is 0. The van der Waals surface area contributed by atoms with Gasteiger partial charge in [-0.3, -0.25) is 0 Å². The lowest BCUT2D eigenvalue weighted by atomic mass is 9.95. The molecule has 0 amide bonds. The Hall–Kier alpha value is -0.500. The molecule has 0 radical (unpaired) electrons. The third kappa shape index (κ3) is 8.05. The summed E-state index contributed by atoms with van der Waals surface area (Å²) >= 11 is 3.57. The number of rotatable bonds is 13. The summed E-state index contributed by atoms with van der Waals surface area (Å²) in [6.45, 7) is 11.7. The van der Waals surface area contributed by atoms with Crippen LogP contribution in [0.4, 0.5) is 5.69 Å². The third-order valence-corrected chi connectivity index (χ3v) is 5.76. The molecule has 1 nitrogen and oxygen atoms in total. The maximum atomic E-state index is 3.57. The molecule has 138 valence electrons. The zero-order valence-corrected chi connectivity index (χ0v) is 17.9. The first-order valence-corrected chi connectivity index (χ1v) is 10.9. The molecule has 0 aliphatic heterocycles. The number of nitrogens with zero attached hydrogens (tertiary/aromatic N) is 1. The van der Waals surface area contributed by atoms with Crippen molar-refractivity contribution in [3.8, 4) is 0 Å². The summed E-state index contributed by atoms with van der Waals surface area (Å²) in [6.07, 6.45) is 10.7. The van der Waals surface area contributed by atoms with E-state index in [2.05, 4.69) is 72.8 Å². The van der Waals surface area contributed by atoms with Crippen LogP contribution in [0.3, 0.4) is 0 Å². The summed E-state index contributed by atoms with van der Waals surface area (Å²) in [5.74, 6) is 1.63. The molecule has 0 heterocycles. The Morgan fingerprint density at radius 3 is 1.62 bits per heavy atom. The molecule has 24 heavy (non-hydrogen) atoms. The normalized spacial score (nSPS) is 13.7. The Bertz CT molecular complexity index is 396. The predicted molar refractivity (Wildman–Crippen MR) is 113 cm³/mol. The lowest BCUT2D eigenvalue weighted by molar-refractivity contribution is 0.403. The van der Waals surface area contributed by atoms with Crippen molar-refractivity contribution in [1.29, 1.82) is 0 Å². The summed E-state index contributed by atoms with van der Waals surface area (Å²) in [6, 6.07) is 8.93. The monoisotopic (exact) mass is 395 g/mol. The van der Waals surface area contributed by atoms with Crippen molar-refractivity contribution in [2.75, 3.05) is 18.0 Å². The third-order valence-electron chi connectivity index (χ3n) is 5.24.